The maximum Gasteiger partial charge on any atom is 0.414 e. The minimum absolute atomic E-state index is 0.0363. The van der Waals surface area contributed by atoms with E-state index in [1.54, 1.807) is 4.90 Å². The molecular formula is C18H28N2O2. The molecule has 0 bridgehead atoms. The molecule has 0 saturated carbocycles. The van der Waals surface area contributed by atoms with E-state index in [-0.39, 0.29) is 30.0 Å². The van der Waals surface area contributed by atoms with Gasteiger partial charge in [-0.15, -0.1) is 0 Å². The highest BCUT2D eigenvalue weighted by Crippen LogP contribution is 2.22. The third-order valence-corrected chi connectivity index (χ3v) is 4.05. The van der Waals surface area contributed by atoms with Gasteiger partial charge in [-0.3, -0.25) is 9.89 Å². The average molecular weight is 304 g/mol. The molecule has 1 amide bonds. The molecule has 2 unspecified atom stereocenters. The van der Waals surface area contributed by atoms with Crippen molar-refractivity contribution in [2.24, 2.45) is 16.8 Å². The Balaban J connectivity index is 2.72. The molecule has 22 heavy (non-hydrogen) atoms. The van der Waals surface area contributed by atoms with Crippen molar-refractivity contribution < 1.29 is 9.53 Å². The van der Waals surface area contributed by atoms with Gasteiger partial charge in [0.2, 0.25) is 0 Å². The highest BCUT2D eigenvalue weighted by molar-refractivity contribution is 5.71. The molecule has 0 aromatic carbocycles. The van der Waals surface area contributed by atoms with Crippen LogP contribution in [-0.4, -0.2) is 36.4 Å². The Morgan fingerprint density at radius 3 is 2.73 bits per heavy atom. The normalized spacial score (nSPS) is 23.4. The molecule has 1 heterocycles. The molecule has 1 saturated heterocycles. The number of allylic oxidation sites excluding steroid dienone is 3. The maximum absolute atomic E-state index is 11.9. The number of rotatable bonds is 8. The molecule has 4 heteroatoms. The Bertz CT molecular complexity index is 454. The van der Waals surface area contributed by atoms with Crippen molar-refractivity contribution >= 4 is 12.8 Å². The van der Waals surface area contributed by atoms with Crippen LogP contribution in [0.2, 0.25) is 0 Å². The van der Waals surface area contributed by atoms with Crippen LogP contribution in [0, 0.1) is 11.8 Å². The summed E-state index contributed by atoms with van der Waals surface area (Å²) < 4.78 is 5.19. The van der Waals surface area contributed by atoms with Gasteiger partial charge >= 0.3 is 6.09 Å². The summed E-state index contributed by atoms with van der Waals surface area (Å²) in [6.45, 7) is 12.3. The van der Waals surface area contributed by atoms with E-state index in [0.717, 1.165) is 6.42 Å². The fourth-order valence-corrected chi connectivity index (χ4v) is 2.16. The lowest BCUT2D eigenvalue weighted by Crippen LogP contribution is -2.33. The Labute approximate surface area is 134 Å². The van der Waals surface area contributed by atoms with Gasteiger partial charge in [-0.25, -0.2) is 4.79 Å². The Kier molecular flexibility index (Phi) is 7.64. The summed E-state index contributed by atoms with van der Waals surface area (Å²) in [5, 5.41) is 0. The minimum Gasteiger partial charge on any atom is -0.447 e. The Morgan fingerprint density at radius 2 is 2.09 bits per heavy atom. The van der Waals surface area contributed by atoms with E-state index in [2.05, 4.69) is 44.6 Å². The zero-order valence-corrected chi connectivity index (χ0v) is 14.1. The molecule has 1 rings (SSSR count). The summed E-state index contributed by atoms with van der Waals surface area (Å²) >= 11 is 0. The van der Waals surface area contributed by atoms with Gasteiger partial charge in [0.25, 0.3) is 0 Å². The summed E-state index contributed by atoms with van der Waals surface area (Å²) in [7, 11) is 0. The van der Waals surface area contributed by atoms with Gasteiger partial charge in [0.1, 0.15) is 6.61 Å². The number of cyclic esters (lactones) is 1. The first-order valence-corrected chi connectivity index (χ1v) is 7.93. The van der Waals surface area contributed by atoms with Crippen LogP contribution in [0.3, 0.4) is 0 Å². The molecule has 0 spiro atoms. The summed E-state index contributed by atoms with van der Waals surface area (Å²) in [5.41, 5.74) is 0. The topological polar surface area (TPSA) is 41.9 Å². The van der Waals surface area contributed by atoms with E-state index in [4.69, 9.17) is 4.74 Å². The lowest BCUT2D eigenvalue weighted by molar-refractivity contribution is 0.166. The largest absolute Gasteiger partial charge is 0.447 e. The number of carbonyl (C=O) groups excluding carboxylic acids is 1. The molecule has 0 radical (unpaired) electrons. The van der Waals surface area contributed by atoms with Crippen LogP contribution in [0.1, 0.15) is 34.1 Å². The predicted octanol–water partition coefficient (Wildman–Crippen LogP) is 4.20. The zero-order chi connectivity index (χ0) is 16.5. The fraction of sp³-hybridized carbons (Fsp3) is 0.556. The van der Waals surface area contributed by atoms with Gasteiger partial charge in [0.05, 0.1) is 12.1 Å². The highest BCUT2D eigenvalue weighted by atomic mass is 16.6. The lowest BCUT2D eigenvalue weighted by Gasteiger charge is -2.22. The zero-order valence-electron chi connectivity index (χ0n) is 14.1. The number of hydrogen-bond donors (Lipinski definition) is 0. The smallest absolute Gasteiger partial charge is 0.414 e. The quantitative estimate of drug-likeness (QED) is 0.498. The minimum atomic E-state index is -0.281. The Hall–Kier alpha value is -1.84. The van der Waals surface area contributed by atoms with Gasteiger partial charge in [0.15, 0.2) is 0 Å². The van der Waals surface area contributed by atoms with E-state index in [1.165, 1.54) is 0 Å². The van der Waals surface area contributed by atoms with E-state index in [9.17, 15) is 4.79 Å². The molecule has 1 aliphatic heterocycles. The van der Waals surface area contributed by atoms with Crippen molar-refractivity contribution in [3.63, 3.8) is 0 Å². The highest BCUT2D eigenvalue weighted by Gasteiger charge is 2.34. The Morgan fingerprint density at radius 1 is 1.36 bits per heavy atom. The van der Waals surface area contributed by atoms with Crippen molar-refractivity contribution in [3.8, 4) is 0 Å². The third kappa shape index (κ3) is 5.17. The van der Waals surface area contributed by atoms with Crippen LogP contribution in [0.15, 0.2) is 41.6 Å². The van der Waals surface area contributed by atoms with E-state index < -0.39 is 0 Å². The van der Waals surface area contributed by atoms with Crippen molar-refractivity contribution in [3.05, 3.63) is 36.6 Å². The van der Waals surface area contributed by atoms with Crippen LogP contribution < -0.4 is 0 Å². The van der Waals surface area contributed by atoms with Gasteiger partial charge in [0, 0.05) is 6.20 Å². The molecule has 4 atom stereocenters. The predicted molar refractivity (Wildman–Crippen MR) is 92.0 cm³/mol. The van der Waals surface area contributed by atoms with Gasteiger partial charge in [-0.2, -0.15) is 0 Å². The van der Waals surface area contributed by atoms with Crippen molar-refractivity contribution in [1.29, 1.82) is 0 Å². The fourth-order valence-electron chi connectivity index (χ4n) is 2.16. The average Bonchev–Trinajstić information content (AvgIpc) is 2.89. The molecule has 1 fully saturated rings. The van der Waals surface area contributed by atoms with Crippen molar-refractivity contribution in [2.75, 3.05) is 6.61 Å². The molecule has 0 aliphatic carbocycles. The van der Waals surface area contributed by atoms with E-state index >= 15 is 0 Å². The van der Waals surface area contributed by atoms with E-state index in [0.29, 0.717) is 6.61 Å². The molecule has 0 aromatic heterocycles. The van der Waals surface area contributed by atoms with Crippen LogP contribution in [0.25, 0.3) is 0 Å². The summed E-state index contributed by atoms with van der Waals surface area (Å²) in [6.07, 6.45) is 12.8. The number of carbonyl (C=O) groups is 1. The van der Waals surface area contributed by atoms with Gasteiger partial charge in [-0.05, 0) is 31.9 Å². The molecule has 4 nitrogen and oxygen atoms in total. The molecule has 122 valence electrons. The second-order valence-electron chi connectivity index (χ2n) is 5.76. The standard InChI is InChI=1S/C18H28N2O2/c1-6-7-8-9-10-15(3)17-13-22-18(21)20(17)12-11-14(2)16(4)19-5/h7-12,14-17H,5-6,13H2,1-4H3/b8-7-,10-9-,12-11+/t14-,15?,16?,17-/m1/s1. The first-order chi connectivity index (χ1) is 10.5. The first kappa shape index (κ1) is 18.2. The summed E-state index contributed by atoms with van der Waals surface area (Å²) in [5.74, 6) is 0.452. The van der Waals surface area contributed by atoms with E-state index in [1.807, 2.05) is 31.4 Å². The third-order valence-electron chi connectivity index (χ3n) is 4.05. The van der Waals surface area contributed by atoms with Gasteiger partial charge < -0.3 is 4.74 Å². The second-order valence-corrected chi connectivity index (χ2v) is 5.76. The van der Waals surface area contributed by atoms with Crippen LogP contribution >= 0.6 is 0 Å². The lowest BCUT2D eigenvalue weighted by atomic mass is 10.0. The monoisotopic (exact) mass is 304 g/mol. The second kappa shape index (κ2) is 9.23. The number of amides is 1. The molecule has 0 N–H and O–H groups in total. The van der Waals surface area contributed by atoms with Crippen LogP contribution in [0.4, 0.5) is 4.79 Å². The number of aliphatic imine (C=N–C) groups is 1. The van der Waals surface area contributed by atoms with Crippen LogP contribution in [-0.2, 0) is 4.74 Å². The van der Waals surface area contributed by atoms with Gasteiger partial charge in [-0.1, -0.05) is 51.2 Å². The first-order valence-electron chi connectivity index (χ1n) is 7.93. The molecule has 1 aliphatic rings. The van der Waals surface area contributed by atoms with Crippen LogP contribution in [0.5, 0.6) is 0 Å². The summed E-state index contributed by atoms with van der Waals surface area (Å²) in [4.78, 5) is 17.6. The molecule has 0 aromatic rings. The summed E-state index contributed by atoms with van der Waals surface area (Å²) in [6, 6.07) is 0.166. The number of ether oxygens (including phenoxy) is 1. The number of hydrogen-bond acceptors (Lipinski definition) is 3. The molecular weight excluding hydrogens is 276 g/mol. The SMILES string of the molecule is C=NC(C)[C@H](C)/C=C/N1C(=O)OC[C@@H]1C(C)/C=C\C=C/CC. The van der Waals surface area contributed by atoms with Crippen molar-refractivity contribution in [1.82, 2.24) is 4.90 Å². The maximum atomic E-state index is 11.9. The number of nitrogens with zero attached hydrogens (tertiary/aromatic N) is 2. The van der Waals surface area contributed by atoms with Crippen molar-refractivity contribution in [2.45, 2.75) is 46.2 Å².